The summed E-state index contributed by atoms with van der Waals surface area (Å²) in [5.74, 6) is 0.115. The number of carbonyl (C=O) groups excluding carboxylic acids is 1. The van der Waals surface area contributed by atoms with Crippen LogP contribution in [0.15, 0.2) is 12.2 Å². The van der Waals surface area contributed by atoms with Crippen LogP contribution in [0.25, 0.3) is 0 Å². The van der Waals surface area contributed by atoms with E-state index in [1.54, 1.807) is 7.11 Å². The highest BCUT2D eigenvalue weighted by Gasteiger charge is 2.16. The van der Waals surface area contributed by atoms with Crippen molar-refractivity contribution in [2.45, 2.75) is 25.3 Å². The molecule has 0 aromatic rings. The van der Waals surface area contributed by atoms with Crippen molar-refractivity contribution >= 4 is 6.29 Å². The van der Waals surface area contributed by atoms with Gasteiger partial charge in [0.05, 0.1) is 0 Å². The lowest BCUT2D eigenvalue weighted by Crippen LogP contribution is -2.33. The standard InChI is InChI=1S/C11H19NO2/c1-14-7-3-6-12-11-5-2-4-10(8-11)9-13/h2,4,9-12H,3,5-8H2,1H3. The minimum atomic E-state index is 0.115. The molecule has 0 amide bonds. The second kappa shape index (κ2) is 6.74. The summed E-state index contributed by atoms with van der Waals surface area (Å²) < 4.78 is 4.96. The Morgan fingerprint density at radius 2 is 2.50 bits per heavy atom. The molecule has 14 heavy (non-hydrogen) atoms. The molecular formula is C11H19NO2. The summed E-state index contributed by atoms with van der Waals surface area (Å²) >= 11 is 0. The highest BCUT2D eigenvalue weighted by molar-refractivity contribution is 5.57. The quantitative estimate of drug-likeness (QED) is 0.394. The van der Waals surface area contributed by atoms with E-state index in [4.69, 9.17) is 4.74 Å². The van der Waals surface area contributed by atoms with Gasteiger partial charge in [0.2, 0.25) is 0 Å². The van der Waals surface area contributed by atoms with Crippen LogP contribution in [0.1, 0.15) is 19.3 Å². The van der Waals surface area contributed by atoms with Crippen LogP contribution in [0.3, 0.4) is 0 Å². The van der Waals surface area contributed by atoms with Crippen LogP contribution in [0.4, 0.5) is 0 Å². The molecule has 0 bridgehead atoms. The van der Waals surface area contributed by atoms with Gasteiger partial charge in [-0.3, -0.25) is 0 Å². The third-order valence-corrected chi connectivity index (χ3v) is 2.49. The molecular weight excluding hydrogens is 178 g/mol. The van der Waals surface area contributed by atoms with E-state index in [-0.39, 0.29) is 5.92 Å². The minimum Gasteiger partial charge on any atom is -0.385 e. The zero-order valence-corrected chi connectivity index (χ0v) is 8.74. The number of nitrogens with one attached hydrogen (secondary N) is 1. The first-order valence-electron chi connectivity index (χ1n) is 5.21. The maximum Gasteiger partial charge on any atom is 0.126 e. The van der Waals surface area contributed by atoms with E-state index in [1.807, 2.05) is 6.08 Å². The largest absolute Gasteiger partial charge is 0.385 e. The minimum absolute atomic E-state index is 0.115. The Kier molecular flexibility index (Phi) is 5.49. The molecule has 0 fully saturated rings. The van der Waals surface area contributed by atoms with E-state index in [0.717, 1.165) is 38.7 Å². The van der Waals surface area contributed by atoms with Crippen LogP contribution in [0.2, 0.25) is 0 Å². The first kappa shape index (κ1) is 11.4. The lowest BCUT2D eigenvalue weighted by molar-refractivity contribution is -0.110. The number of methoxy groups -OCH3 is 1. The second-order valence-corrected chi connectivity index (χ2v) is 3.70. The van der Waals surface area contributed by atoms with Gasteiger partial charge < -0.3 is 14.8 Å². The average molecular weight is 197 g/mol. The first-order valence-corrected chi connectivity index (χ1v) is 5.21. The normalized spacial score (nSPS) is 26.4. The summed E-state index contributed by atoms with van der Waals surface area (Å²) in [6.07, 6.45) is 8.13. The summed E-state index contributed by atoms with van der Waals surface area (Å²) in [5, 5.41) is 3.43. The summed E-state index contributed by atoms with van der Waals surface area (Å²) in [4.78, 5) is 10.6. The number of allylic oxidation sites excluding steroid dienone is 1. The van der Waals surface area contributed by atoms with E-state index in [1.165, 1.54) is 0 Å². The predicted octanol–water partition coefficient (Wildman–Crippen LogP) is 1.15. The van der Waals surface area contributed by atoms with Crippen molar-refractivity contribution in [2.75, 3.05) is 20.3 Å². The summed E-state index contributed by atoms with van der Waals surface area (Å²) in [7, 11) is 1.71. The van der Waals surface area contributed by atoms with Gasteiger partial charge in [0.25, 0.3) is 0 Å². The Hall–Kier alpha value is -0.670. The monoisotopic (exact) mass is 197 g/mol. The summed E-state index contributed by atoms with van der Waals surface area (Å²) in [6, 6.07) is 0.465. The average Bonchev–Trinajstić information content (AvgIpc) is 2.25. The molecule has 0 aromatic carbocycles. The Morgan fingerprint density at radius 1 is 1.64 bits per heavy atom. The van der Waals surface area contributed by atoms with Crippen molar-refractivity contribution in [2.24, 2.45) is 5.92 Å². The molecule has 0 heterocycles. The van der Waals surface area contributed by atoms with Crippen molar-refractivity contribution in [3.63, 3.8) is 0 Å². The number of hydrogen-bond acceptors (Lipinski definition) is 3. The third kappa shape index (κ3) is 4.03. The molecule has 0 aromatic heterocycles. The number of hydrogen-bond donors (Lipinski definition) is 1. The lowest BCUT2D eigenvalue weighted by atomic mass is 9.93. The van der Waals surface area contributed by atoms with Crippen molar-refractivity contribution in [3.05, 3.63) is 12.2 Å². The smallest absolute Gasteiger partial charge is 0.126 e. The molecule has 2 atom stereocenters. The molecule has 80 valence electrons. The number of aldehydes is 1. The van der Waals surface area contributed by atoms with Gasteiger partial charge in [0.1, 0.15) is 6.29 Å². The third-order valence-electron chi connectivity index (χ3n) is 2.49. The van der Waals surface area contributed by atoms with E-state index in [0.29, 0.717) is 6.04 Å². The van der Waals surface area contributed by atoms with Crippen molar-refractivity contribution in [1.82, 2.24) is 5.32 Å². The van der Waals surface area contributed by atoms with E-state index in [2.05, 4.69) is 11.4 Å². The lowest BCUT2D eigenvalue weighted by Gasteiger charge is -2.22. The molecule has 1 N–H and O–H groups in total. The van der Waals surface area contributed by atoms with Gasteiger partial charge in [-0.2, -0.15) is 0 Å². The van der Waals surface area contributed by atoms with Crippen LogP contribution in [0, 0.1) is 5.92 Å². The van der Waals surface area contributed by atoms with E-state index in [9.17, 15) is 4.79 Å². The molecule has 3 heteroatoms. The van der Waals surface area contributed by atoms with Gasteiger partial charge in [-0.1, -0.05) is 12.2 Å². The molecule has 1 aliphatic rings. The van der Waals surface area contributed by atoms with Crippen molar-refractivity contribution < 1.29 is 9.53 Å². The molecule has 1 aliphatic carbocycles. The fraction of sp³-hybridized carbons (Fsp3) is 0.727. The fourth-order valence-corrected chi connectivity index (χ4v) is 1.71. The molecule has 2 unspecified atom stereocenters. The maximum absolute atomic E-state index is 10.6. The van der Waals surface area contributed by atoms with Crippen molar-refractivity contribution in [1.29, 1.82) is 0 Å². The number of rotatable bonds is 6. The van der Waals surface area contributed by atoms with Crippen LogP contribution >= 0.6 is 0 Å². The second-order valence-electron chi connectivity index (χ2n) is 3.70. The Balaban J connectivity index is 2.13. The SMILES string of the molecule is COCCCNC1CC=CC(C=O)C1. The Bertz CT molecular complexity index is 192. The molecule has 0 saturated heterocycles. The zero-order chi connectivity index (χ0) is 10.2. The Morgan fingerprint density at radius 3 is 3.21 bits per heavy atom. The summed E-state index contributed by atoms with van der Waals surface area (Å²) in [6.45, 7) is 1.77. The molecule has 3 nitrogen and oxygen atoms in total. The van der Waals surface area contributed by atoms with Crippen molar-refractivity contribution in [3.8, 4) is 0 Å². The highest BCUT2D eigenvalue weighted by atomic mass is 16.5. The van der Waals surface area contributed by atoms with Crippen LogP contribution in [0.5, 0.6) is 0 Å². The maximum atomic E-state index is 10.6. The molecule has 0 radical (unpaired) electrons. The Labute approximate surface area is 85.5 Å². The van der Waals surface area contributed by atoms with Gasteiger partial charge >= 0.3 is 0 Å². The van der Waals surface area contributed by atoms with E-state index < -0.39 is 0 Å². The predicted molar refractivity (Wildman–Crippen MR) is 56.2 cm³/mol. The van der Waals surface area contributed by atoms with Crippen LogP contribution in [-0.2, 0) is 9.53 Å². The number of ether oxygens (including phenoxy) is 1. The zero-order valence-electron chi connectivity index (χ0n) is 8.74. The topological polar surface area (TPSA) is 38.3 Å². The summed E-state index contributed by atoms with van der Waals surface area (Å²) in [5.41, 5.74) is 0. The van der Waals surface area contributed by atoms with E-state index >= 15 is 0 Å². The van der Waals surface area contributed by atoms with Crippen LogP contribution in [-0.4, -0.2) is 32.6 Å². The fourth-order valence-electron chi connectivity index (χ4n) is 1.71. The number of carbonyl (C=O) groups is 1. The van der Waals surface area contributed by atoms with Gasteiger partial charge in [-0.05, 0) is 25.8 Å². The molecule has 0 spiro atoms. The van der Waals surface area contributed by atoms with Gasteiger partial charge in [0, 0.05) is 25.7 Å². The first-order chi connectivity index (χ1) is 6.86. The van der Waals surface area contributed by atoms with Crippen LogP contribution < -0.4 is 5.32 Å². The van der Waals surface area contributed by atoms with Gasteiger partial charge in [-0.25, -0.2) is 0 Å². The molecule has 0 saturated carbocycles. The highest BCUT2D eigenvalue weighted by Crippen LogP contribution is 2.15. The van der Waals surface area contributed by atoms with Gasteiger partial charge in [-0.15, -0.1) is 0 Å². The molecule has 0 aliphatic heterocycles. The van der Waals surface area contributed by atoms with Gasteiger partial charge in [0.15, 0.2) is 0 Å². The molecule has 1 rings (SSSR count).